The van der Waals surface area contributed by atoms with Crippen LogP contribution in [0, 0.1) is 0 Å². The summed E-state index contributed by atoms with van der Waals surface area (Å²) in [4.78, 5) is 4.13. The number of thioether (sulfide) groups is 1. The molecule has 0 saturated carbocycles. The zero-order chi connectivity index (χ0) is 13.4. The van der Waals surface area contributed by atoms with E-state index in [1.54, 1.807) is 12.1 Å². The molecule has 1 N–H and O–H groups in total. The van der Waals surface area contributed by atoms with Crippen LogP contribution in [0.1, 0.15) is 12.6 Å². The van der Waals surface area contributed by atoms with Gasteiger partial charge in [0.2, 0.25) is 0 Å². The third-order valence-electron chi connectivity index (χ3n) is 1.97. The average Bonchev–Trinajstić information content (AvgIpc) is 2.32. The highest BCUT2D eigenvalue weighted by Gasteiger charge is 2.27. The van der Waals surface area contributed by atoms with Crippen molar-refractivity contribution in [2.75, 3.05) is 18.9 Å². The predicted molar refractivity (Wildman–Crippen MR) is 65.6 cm³/mol. The lowest BCUT2D eigenvalue weighted by Crippen LogP contribution is -2.12. The van der Waals surface area contributed by atoms with Gasteiger partial charge in [0.05, 0.1) is 18.5 Å². The minimum atomic E-state index is -4.20. The minimum Gasteiger partial charge on any atom is -0.491 e. The molecule has 0 aliphatic carbocycles. The van der Waals surface area contributed by atoms with Gasteiger partial charge in [-0.25, -0.2) is 0 Å². The molecule has 0 aromatic carbocycles. The Morgan fingerprint density at radius 2 is 2.17 bits per heavy atom. The molecule has 0 atom stereocenters. The quantitative estimate of drug-likeness (QED) is 0.779. The van der Waals surface area contributed by atoms with Crippen LogP contribution in [0.2, 0.25) is 0 Å². The summed E-state index contributed by atoms with van der Waals surface area (Å²) >= 11 is -0.0883. The molecule has 1 heterocycles. The molecule has 0 aliphatic rings. The van der Waals surface area contributed by atoms with Crippen LogP contribution in [0.25, 0.3) is 0 Å². The summed E-state index contributed by atoms with van der Waals surface area (Å²) in [6, 6.07) is 3.49. The Balaban J connectivity index is 2.26. The first-order valence-corrected chi connectivity index (χ1v) is 6.49. The van der Waals surface area contributed by atoms with Crippen molar-refractivity contribution in [1.29, 1.82) is 0 Å². The number of nitrogens with one attached hydrogen (secondary N) is 1. The van der Waals surface area contributed by atoms with E-state index in [0.717, 1.165) is 12.2 Å². The van der Waals surface area contributed by atoms with Gasteiger partial charge in [-0.05, 0) is 30.4 Å². The van der Waals surface area contributed by atoms with Crippen molar-refractivity contribution in [2.45, 2.75) is 19.0 Å². The Hall–Kier alpha value is -0.950. The van der Waals surface area contributed by atoms with E-state index < -0.39 is 5.51 Å². The molecule has 102 valence electrons. The maximum Gasteiger partial charge on any atom is 0.441 e. The average molecular weight is 280 g/mol. The summed E-state index contributed by atoms with van der Waals surface area (Å²) in [7, 11) is 0. The fourth-order valence-electron chi connectivity index (χ4n) is 1.17. The summed E-state index contributed by atoms with van der Waals surface area (Å²) in [5.41, 5.74) is -3.33. The monoisotopic (exact) mass is 280 g/mol. The summed E-state index contributed by atoms with van der Waals surface area (Å²) in [6.07, 6.45) is 1.52. The van der Waals surface area contributed by atoms with Crippen LogP contribution in [0.4, 0.5) is 13.2 Å². The zero-order valence-electron chi connectivity index (χ0n) is 9.96. The normalized spacial score (nSPS) is 11.6. The highest BCUT2D eigenvalue weighted by atomic mass is 32.2. The number of pyridine rings is 1. The number of halogens is 3. The van der Waals surface area contributed by atoms with Gasteiger partial charge in [-0.3, -0.25) is 4.98 Å². The zero-order valence-corrected chi connectivity index (χ0v) is 10.8. The number of alkyl halides is 3. The van der Waals surface area contributed by atoms with Crippen molar-refractivity contribution < 1.29 is 17.9 Å². The molecule has 1 rings (SSSR count). The van der Waals surface area contributed by atoms with Gasteiger partial charge in [0.25, 0.3) is 0 Å². The summed E-state index contributed by atoms with van der Waals surface area (Å²) in [5, 5.41) is 3.12. The number of aromatic nitrogens is 1. The van der Waals surface area contributed by atoms with Crippen molar-refractivity contribution in [2.24, 2.45) is 0 Å². The van der Waals surface area contributed by atoms with Gasteiger partial charge >= 0.3 is 5.51 Å². The Morgan fingerprint density at radius 1 is 1.39 bits per heavy atom. The van der Waals surface area contributed by atoms with E-state index in [4.69, 9.17) is 4.74 Å². The Kier molecular flexibility index (Phi) is 6.28. The summed E-state index contributed by atoms with van der Waals surface area (Å²) in [6.45, 7) is 3.53. The molecule has 0 fully saturated rings. The summed E-state index contributed by atoms with van der Waals surface area (Å²) in [5.74, 6) is 0.362. The van der Waals surface area contributed by atoms with Gasteiger partial charge < -0.3 is 10.1 Å². The van der Waals surface area contributed by atoms with E-state index in [0.29, 0.717) is 12.3 Å². The van der Waals surface area contributed by atoms with E-state index in [9.17, 15) is 13.2 Å². The number of ether oxygens (including phenoxy) is 1. The lowest BCUT2D eigenvalue weighted by Gasteiger charge is -2.08. The number of nitrogens with zero attached hydrogens (tertiary/aromatic N) is 1. The molecule has 1 aromatic heterocycles. The second-order valence-corrected chi connectivity index (χ2v) is 4.57. The van der Waals surface area contributed by atoms with Gasteiger partial charge in [-0.1, -0.05) is 6.92 Å². The molecular formula is C11H15F3N2OS. The molecule has 3 nitrogen and oxygen atoms in total. The number of hydrogen-bond acceptors (Lipinski definition) is 4. The van der Waals surface area contributed by atoms with Crippen LogP contribution in [-0.2, 0) is 6.54 Å². The van der Waals surface area contributed by atoms with Gasteiger partial charge in [-0.15, -0.1) is 0 Å². The third kappa shape index (κ3) is 6.70. The SMILES string of the molecule is CCNCc1ccc(OCCSC(F)(F)F)cn1. The standard InChI is InChI=1S/C11H15F3N2OS/c1-2-15-7-9-3-4-10(8-16-9)17-5-6-18-11(12,13)14/h3-4,8,15H,2,5-7H2,1H3. The van der Waals surface area contributed by atoms with Crippen molar-refractivity contribution in [3.05, 3.63) is 24.0 Å². The van der Waals surface area contributed by atoms with Crippen LogP contribution in [0.5, 0.6) is 5.75 Å². The van der Waals surface area contributed by atoms with E-state index in [1.807, 2.05) is 6.92 Å². The molecule has 7 heteroatoms. The molecule has 0 amide bonds. The molecule has 0 radical (unpaired) electrons. The molecular weight excluding hydrogens is 265 g/mol. The smallest absolute Gasteiger partial charge is 0.441 e. The van der Waals surface area contributed by atoms with E-state index in [2.05, 4.69) is 10.3 Å². The van der Waals surface area contributed by atoms with E-state index in [1.165, 1.54) is 6.20 Å². The molecule has 0 unspecified atom stereocenters. The van der Waals surface area contributed by atoms with Crippen molar-refractivity contribution in [1.82, 2.24) is 10.3 Å². The molecule has 0 saturated heterocycles. The lowest BCUT2D eigenvalue weighted by atomic mass is 10.3. The van der Waals surface area contributed by atoms with E-state index >= 15 is 0 Å². The first kappa shape index (κ1) is 15.1. The van der Waals surface area contributed by atoms with Crippen molar-refractivity contribution >= 4 is 11.8 Å². The van der Waals surface area contributed by atoms with Crippen LogP contribution < -0.4 is 10.1 Å². The summed E-state index contributed by atoms with van der Waals surface area (Å²) < 4.78 is 40.7. The fraction of sp³-hybridized carbons (Fsp3) is 0.545. The van der Waals surface area contributed by atoms with Gasteiger partial charge in [0.15, 0.2) is 0 Å². The van der Waals surface area contributed by atoms with E-state index in [-0.39, 0.29) is 24.1 Å². The largest absolute Gasteiger partial charge is 0.491 e. The first-order chi connectivity index (χ1) is 8.51. The second kappa shape index (κ2) is 7.48. The Bertz CT molecular complexity index is 343. The first-order valence-electron chi connectivity index (χ1n) is 5.50. The minimum absolute atomic E-state index is 0.0123. The second-order valence-electron chi connectivity index (χ2n) is 3.41. The van der Waals surface area contributed by atoms with Crippen LogP contribution in [0.3, 0.4) is 0 Å². The molecule has 0 aliphatic heterocycles. The lowest BCUT2D eigenvalue weighted by molar-refractivity contribution is -0.0329. The highest BCUT2D eigenvalue weighted by Crippen LogP contribution is 2.29. The Labute approximate surface area is 108 Å². The van der Waals surface area contributed by atoms with Crippen LogP contribution in [0.15, 0.2) is 18.3 Å². The van der Waals surface area contributed by atoms with Crippen LogP contribution in [-0.4, -0.2) is 29.4 Å². The molecule has 1 aromatic rings. The Morgan fingerprint density at radius 3 is 2.72 bits per heavy atom. The number of rotatable bonds is 7. The topological polar surface area (TPSA) is 34.1 Å². The highest BCUT2D eigenvalue weighted by molar-refractivity contribution is 8.00. The van der Waals surface area contributed by atoms with Gasteiger partial charge in [-0.2, -0.15) is 13.2 Å². The third-order valence-corrected chi connectivity index (χ3v) is 2.67. The van der Waals surface area contributed by atoms with Crippen molar-refractivity contribution in [3.63, 3.8) is 0 Å². The van der Waals surface area contributed by atoms with Gasteiger partial charge in [0.1, 0.15) is 5.75 Å². The molecule has 18 heavy (non-hydrogen) atoms. The maximum atomic E-state index is 11.8. The van der Waals surface area contributed by atoms with Gasteiger partial charge in [0, 0.05) is 12.3 Å². The molecule has 0 spiro atoms. The maximum absolute atomic E-state index is 11.8. The van der Waals surface area contributed by atoms with Crippen LogP contribution >= 0.6 is 11.8 Å². The predicted octanol–water partition coefficient (Wildman–Crippen LogP) is 2.82. The number of hydrogen-bond donors (Lipinski definition) is 1. The van der Waals surface area contributed by atoms with Crippen molar-refractivity contribution in [3.8, 4) is 5.75 Å². The fourth-order valence-corrected chi connectivity index (χ4v) is 1.57. The molecule has 0 bridgehead atoms.